The first-order valence-corrected chi connectivity index (χ1v) is 13.3. The van der Waals surface area contributed by atoms with E-state index in [1.807, 2.05) is 20.8 Å². The highest BCUT2D eigenvalue weighted by molar-refractivity contribution is 5.72. The Morgan fingerprint density at radius 2 is 0.842 bits per heavy atom. The average molecular weight is 553 g/mol. The minimum Gasteiger partial charge on any atom is -0.463 e. The molecule has 224 valence electrons. The van der Waals surface area contributed by atoms with Crippen molar-refractivity contribution in [1.82, 2.24) is 0 Å². The minimum atomic E-state index is -1.14. The molecule has 0 heterocycles. The molecule has 0 radical (unpaired) electrons. The van der Waals surface area contributed by atoms with Gasteiger partial charge in [-0.2, -0.15) is 0 Å². The van der Waals surface area contributed by atoms with E-state index in [-0.39, 0.29) is 64.0 Å². The van der Waals surface area contributed by atoms with E-state index in [1.54, 1.807) is 20.8 Å². The van der Waals surface area contributed by atoms with E-state index in [1.165, 1.54) is 0 Å². The van der Waals surface area contributed by atoms with Crippen LogP contribution in [0.5, 0.6) is 0 Å². The van der Waals surface area contributed by atoms with Gasteiger partial charge in [-0.1, -0.05) is 41.5 Å². The molecule has 0 aromatic heterocycles. The average Bonchev–Trinajstić information content (AvgIpc) is 2.92. The van der Waals surface area contributed by atoms with Gasteiger partial charge in [-0.25, -0.2) is 0 Å². The standard InChI is InChI=1S/C26H48O12/c1-7-17(4)24(30)36-13-20(27)10-33-16-23(34-11-21(28)14-37-25(31)18(5)8-2)35-12-22(29)15-38-26(32)19(6)9-3/h17-23,27-29H,7-16H2,1-6H3. The Balaban J connectivity index is 4.71. The maximum atomic E-state index is 11.8. The first-order chi connectivity index (χ1) is 17.9. The molecule has 0 fully saturated rings. The molecule has 0 saturated heterocycles. The Morgan fingerprint density at radius 1 is 0.526 bits per heavy atom. The highest BCUT2D eigenvalue weighted by Crippen LogP contribution is 2.08. The van der Waals surface area contributed by atoms with Gasteiger partial charge in [0.2, 0.25) is 0 Å². The lowest BCUT2D eigenvalue weighted by atomic mass is 10.1. The van der Waals surface area contributed by atoms with E-state index in [0.717, 1.165) is 0 Å². The van der Waals surface area contributed by atoms with E-state index < -0.39 is 42.5 Å². The van der Waals surface area contributed by atoms with Crippen molar-refractivity contribution in [3.8, 4) is 0 Å². The zero-order valence-electron chi connectivity index (χ0n) is 23.6. The first-order valence-electron chi connectivity index (χ1n) is 13.3. The molecule has 0 amide bonds. The van der Waals surface area contributed by atoms with Crippen LogP contribution in [0.15, 0.2) is 0 Å². The molecule has 0 aromatic rings. The Kier molecular flexibility index (Phi) is 20.0. The molecule has 0 aromatic carbocycles. The highest BCUT2D eigenvalue weighted by Gasteiger charge is 2.21. The molecule has 12 nitrogen and oxygen atoms in total. The van der Waals surface area contributed by atoms with E-state index in [4.69, 9.17) is 28.4 Å². The van der Waals surface area contributed by atoms with Crippen LogP contribution >= 0.6 is 0 Å². The summed E-state index contributed by atoms with van der Waals surface area (Å²) in [6, 6.07) is 0. The van der Waals surface area contributed by atoms with Crippen molar-refractivity contribution in [3.05, 3.63) is 0 Å². The van der Waals surface area contributed by atoms with Crippen LogP contribution in [0.1, 0.15) is 60.8 Å². The van der Waals surface area contributed by atoms with Crippen LogP contribution in [-0.2, 0) is 42.8 Å². The summed E-state index contributed by atoms with van der Waals surface area (Å²) in [5.74, 6) is -2.14. The lowest BCUT2D eigenvalue weighted by molar-refractivity contribution is -0.204. The second-order valence-corrected chi connectivity index (χ2v) is 9.41. The van der Waals surface area contributed by atoms with Crippen LogP contribution in [0.2, 0.25) is 0 Å². The van der Waals surface area contributed by atoms with Crippen molar-refractivity contribution >= 4 is 17.9 Å². The van der Waals surface area contributed by atoms with Crippen molar-refractivity contribution in [2.75, 3.05) is 46.2 Å². The second-order valence-electron chi connectivity index (χ2n) is 9.41. The fraction of sp³-hybridized carbons (Fsp3) is 0.885. The van der Waals surface area contributed by atoms with Crippen LogP contribution in [0, 0.1) is 17.8 Å². The monoisotopic (exact) mass is 552 g/mol. The summed E-state index contributed by atoms with van der Waals surface area (Å²) >= 11 is 0. The van der Waals surface area contributed by atoms with Crippen molar-refractivity contribution in [2.45, 2.75) is 85.4 Å². The van der Waals surface area contributed by atoms with Crippen LogP contribution in [0.3, 0.4) is 0 Å². The molecule has 12 heteroatoms. The maximum absolute atomic E-state index is 11.8. The number of rotatable bonds is 22. The number of carbonyl (C=O) groups excluding carboxylic acids is 3. The van der Waals surface area contributed by atoms with Crippen molar-refractivity contribution in [3.63, 3.8) is 0 Å². The second kappa shape index (κ2) is 21.0. The van der Waals surface area contributed by atoms with Gasteiger partial charge in [-0.05, 0) is 19.3 Å². The molecule has 38 heavy (non-hydrogen) atoms. The predicted molar refractivity (Wildman–Crippen MR) is 136 cm³/mol. The summed E-state index contributed by atoms with van der Waals surface area (Å²) in [6.45, 7) is 9.00. The summed E-state index contributed by atoms with van der Waals surface area (Å²) in [4.78, 5) is 35.3. The van der Waals surface area contributed by atoms with E-state index in [0.29, 0.717) is 19.3 Å². The van der Waals surface area contributed by atoms with Crippen molar-refractivity contribution in [1.29, 1.82) is 0 Å². The SMILES string of the molecule is CCC(C)C(=O)OCC(O)COCC(OCC(O)COC(=O)C(C)CC)OCC(O)COC(=O)C(C)CC. The zero-order valence-corrected chi connectivity index (χ0v) is 23.6. The molecular formula is C26H48O12. The lowest BCUT2D eigenvalue weighted by Crippen LogP contribution is -2.35. The van der Waals surface area contributed by atoms with Gasteiger partial charge in [-0.15, -0.1) is 0 Å². The molecule has 0 aliphatic carbocycles. The molecule has 3 N–H and O–H groups in total. The van der Waals surface area contributed by atoms with Gasteiger partial charge in [0, 0.05) is 0 Å². The van der Waals surface area contributed by atoms with Gasteiger partial charge in [0.05, 0.1) is 44.2 Å². The fourth-order valence-electron chi connectivity index (χ4n) is 2.49. The van der Waals surface area contributed by atoms with Gasteiger partial charge in [0.25, 0.3) is 0 Å². The Hall–Kier alpha value is -1.83. The summed E-state index contributed by atoms with van der Waals surface area (Å²) in [6.07, 6.45) is -2.61. The lowest BCUT2D eigenvalue weighted by Gasteiger charge is -2.23. The normalized spacial score (nSPS) is 17.0. The number of hydrogen-bond donors (Lipinski definition) is 3. The number of hydrogen-bond acceptors (Lipinski definition) is 12. The minimum absolute atomic E-state index is 0.193. The number of aliphatic hydroxyl groups excluding tert-OH is 3. The van der Waals surface area contributed by atoms with Crippen LogP contribution in [-0.4, -0.2) is 104 Å². The molecule has 0 spiro atoms. The topological polar surface area (TPSA) is 167 Å². The molecule has 6 atom stereocenters. The molecule has 0 bridgehead atoms. The smallest absolute Gasteiger partial charge is 0.308 e. The molecule has 0 aliphatic heterocycles. The third kappa shape index (κ3) is 16.9. The third-order valence-electron chi connectivity index (χ3n) is 5.81. The first kappa shape index (κ1) is 36.2. The van der Waals surface area contributed by atoms with E-state index in [2.05, 4.69) is 0 Å². The number of aliphatic hydroxyl groups is 3. The van der Waals surface area contributed by atoms with Gasteiger partial charge in [0.15, 0.2) is 6.29 Å². The Morgan fingerprint density at radius 3 is 1.16 bits per heavy atom. The van der Waals surface area contributed by atoms with Crippen molar-refractivity contribution in [2.24, 2.45) is 17.8 Å². The van der Waals surface area contributed by atoms with Crippen LogP contribution < -0.4 is 0 Å². The summed E-state index contributed by atoms with van der Waals surface area (Å²) in [5, 5.41) is 30.2. The predicted octanol–water partition coefficient (Wildman–Crippen LogP) is 1.21. The Bertz CT molecular complexity index is 622. The summed E-state index contributed by atoms with van der Waals surface area (Å²) in [5.41, 5.74) is 0. The zero-order chi connectivity index (χ0) is 29.1. The molecule has 0 aliphatic rings. The molecule has 0 rings (SSSR count). The quantitative estimate of drug-likeness (QED) is 0.0999. The van der Waals surface area contributed by atoms with E-state index in [9.17, 15) is 29.7 Å². The van der Waals surface area contributed by atoms with Gasteiger partial charge in [0.1, 0.15) is 38.1 Å². The molecule has 0 saturated carbocycles. The molecule has 6 unspecified atom stereocenters. The number of carbonyl (C=O) groups is 3. The summed E-state index contributed by atoms with van der Waals surface area (Å²) < 4.78 is 31.5. The highest BCUT2D eigenvalue weighted by atomic mass is 16.7. The van der Waals surface area contributed by atoms with Crippen molar-refractivity contribution < 1.29 is 58.1 Å². The number of esters is 3. The number of ether oxygens (including phenoxy) is 6. The summed E-state index contributed by atoms with van der Waals surface area (Å²) in [7, 11) is 0. The van der Waals surface area contributed by atoms with Gasteiger partial charge >= 0.3 is 17.9 Å². The maximum Gasteiger partial charge on any atom is 0.308 e. The third-order valence-corrected chi connectivity index (χ3v) is 5.81. The van der Waals surface area contributed by atoms with Gasteiger partial charge in [-0.3, -0.25) is 14.4 Å². The van der Waals surface area contributed by atoms with Gasteiger partial charge < -0.3 is 43.7 Å². The largest absolute Gasteiger partial charge is 0.463 e. The van der Waals surface area contributed by atoms with Crippen LogP contribution in [0.25, 0.3) is 0 Å². The van der Waals surface area contributed by atoms with E-state index >= 15 is 0 Å². The Labute approximate surface area is 225 Å². The fourth-order valence-corrected chi connectivity index (χ4v) is 2.49. The van der Waals surface area contributed by atoms with Crippen LogP contribution in [0.4, 0.5) is 0 Å². The molecular weight excluding hydrogens is 504 g/mol.